The van der Waals surface area contributed by atoms with Gasteiger partial charge in [-0.3, -0.25) is 4.79 Å². The van der Waals surface area contributed by atoms with E-state index in [0.717, 1.165) is 25.7 Å². The van der Waals surface area contributed by atoms with E-state index in [-0.39, 0.29) is 5.41 Å². The fourth-order valence-corrected chi connectivity index (χ4v) is 1.87. The van der Waals surface area contributed by atoms with Crippen LogP contribution in [0.3, 0.4) is 0 Å². The van der Waals surface area contributed by atoms with Gasteiger partial charge in [-0.05, 0) is 11.8 Å². The number of aliphatic carboxylic acids is 1. The molecule has 122 valence electrons. The van der Waals surface area contributed by atoms with Crippen molar-refractivity contribution in [3.8, 4) is 0 Å². The third-order valence-electron chi connectivity index (χ3n) is 3.19. The predicted octanol–water partition coefficient (Wildman–Crippen LogP) is 1.22. The van der Waals surface area contributed by atoms with E-state index in [9.17, 15) is 14.4 Å². The zero-order valence-corrected chi connectivity index (χ0v) is 13.1. The SMILES string of the molecule is CCCCCC(C)(C)CNC(=O)NC(CC(N)=O)C(=O)O. The van der Waals surface area contributed by atoms with Gasteiger partial charge in [0.2, 0.25) is 5.91 Å². The highest BCUT2D eigenvalue weighted by molar-refractivity contribution is 5.87. The number of urea groups is 1. The molecule has 0 heterocycles. The molecule has 1 unspecified atom stereocenters. The Kier molecular flexibility index (Phi) is 8.42. The Morgan fingerprint density at radius 3 is 2.33 bits per heavy atom. The minimum absolute atomic E-state index is 0.0606. The van der Waals surface area contributed by atoms with Gasteiger partial charge in [-0.1, -0.05) is 40.0 Å². The Hall–Kier alpha value is -1.79. The minimum atomic E-state index is -1.30. The van der Waals surface area contributed by atoms with Crippen LogP contribution in [-0.2, 0) is 9.59 Å². The van der Waals surface area contributed by atoms with E-state index >= 15 is 0 Å². The molecule has 3 amide bonds. The highest BCUT2D eigenvalue weighted by atomic mass is 16.4. The molecule has 0 aromatic carbocycles. The summed E-state index contributed by atoms with van der Waals surface area (Å²) in [6, 6.07) is -1.90. The average Bonchev–Trinajstić information content (AvgIpc) is 2.35. The number of nitrogens with two attached hydrogens (primary N) is 1. The van der Waals surface area contributed by atoms with Crippen LogP contribution in [0.15, 0.2) is 0 Å². The third-order valence-corrected chi connectivity index (χ3v) is 3.19. The number of hydrogen-bond donors (Lipinski definition) is 4. The van der Waals surface area contributed by atoms with Gasteiger partial charge in [-0.2, -0.15) is 0 Å². The highest BCUT2D eigenvalue weighted by Crippen LogP contribution is 2.22. The summed E-state index contributed by atoms with van der Waals surface area (Å²) in [7, 11) is 0. The molecular formula is C14H27N3O4. The van der Waals surface area contributed by atoms with E-state index in [4.69, 9.17) is 10.8 Å². The second-order valence-electron chi connectivity index (χ2n) is 6.01. The first-order valence-electron chi connectivity index (χ1n) is 7.23. The number of primary amides is 1. The van der Waals surface area contributed by atoms with E-state index in [0.29, 0.717) is 6.54 Å². The maximum Gasteiger partial charge on any atom is 0.326 e. The first-order chi connectivity index (χ1) is 9.68. The van der Waals surface area contributed by atoms with Gasteiger partial charge in [-0.15, -0.1) is 0 Å². The number of nitrogens with one attached hydrogen (secondary N) is 2. The van der Waals surface area contributed by atoms with Gasteiger partial charge < -0.3 is 21.5 Å². The monoisotopic (exact) mass is 301 g/mol. The summed E-state index contributed by atoms with van der Waals surface area (Å²) in [5.74, 6) is -2.06. The van der Waals surface area contributed by atoms with Gasteiger partial charge in [0.1, 0.15) is 6.04 Å². The number of rotatable bonds is 10. The summed E-state index contributed by atoms with van der Waals surface area (Å²) in [6.07, 6.45) is 3.92. The topological polar surface area (TPSA) is 122 Å². The van der Waals surface area contributed by atoms with E-state index in [2.05, 4.69) is 17.6 Å². The molecule has 5 N–H and O–H groups in total. The van der Waals surface area contributed by atoms with Crippen LogP contribution in [0.5, 0.6) is 0 Å². The van der Waals surface area contributed by atoms with Crippen molar-refractivity contribution < 1.29 is 19.5 Å². The van der Waals surface area contributed by atoms with Gasteiger partial charge in [0.15, 0.2) is 0 Å². The largest absolute Gasteiger partial charge is 0.480 e. The third kappa shape index (κ3) is 9.70. The molecule has 0 radical (unpaired) electrons. The molecule has 0 bridgehead atoms. The Balaban J connectivity index is 4.22. The summed E-state index contributed by atoms with van der Waals surface area (Å²) < 4.78 is 0. The molecule has 0 fully saturated rings. The molecule has 0 aliphatic carbocycles. The zero-order chi connectivity index (χ0) is 16.5. The number of carboxylic acids is 1. The summed E-state index contributed by atoms with van der Waals surface area (Å²) in [6.45, 7) is 6.65. The quantitative estimate of drug-likeness (QED) is 0.453. The first kappa shape index (κ1) is 19.2. The number of carboxylic acid groups (broad SMARTS) is 1. The van der Waals surface area contributed by atoms with E-state index in [1.165, 1.54) is 0 Å². The van der Waals surface area contributed by atoms with Gasteiger partial charge >= 0.3 is 12.0 Å². The zero-order valence-electron chi connectivity index (χ0n) is 13.1. The smallest absolute Gasteiger partial charge is 0.326 e. The van der Waals surface area contributed by atoms with Crippen LogP contribution >= 0.6 is 0 Å². The van der Waals surface area contributed by atoms with Crippen molar-refractivity contribution in [1.82, 2.24) is 10.6 Å². The second-order valence-corrected chi connectivity index (χ2v) is 6.01. The fourth-order valence-electron chi connectivity index (χ4n) is 1.87. The number of hydrogen-bond acceptors (Lipinski definition) is 3. The Morgan fingerprint density at radius 2 is 1.86 bits per heavy atom. The van der Waals surface area contributed by atoms with Crippen LogP contribution in [0.4, 0.5) is 4.79 Å². The average molecular weight is 301 g/mol. The Labute approximate surface area is 125 Å². The summed E-state index contributed by atoms with van der Waals surface area (Å²) in [4.78, 5) is 33.3. The number of unbranched alkanes of at least 4 members (excludes halogenated alkanes) is 2. The normalized spacial score (nSPS) is 12.5. The molecule has 0 aromatic heterocycles. The number of amides is 3. The number of carbonyl (C=O) groups is 3. The molecule has 21 heavy (non-hydrogen) atoms. The maximum atomic E-state index is 11.7. The van der Waals surface area contributed by atoms with E-state index in [1.807, 2.05) is 13.8 Å². The summed E-state index contributed by atoms with van der Waals surface area (Å²) in [5, 5.41) is 13.8. The standard InChI is InChI=1S/C14H27N3O4/c1-4-5-6-7-14(2,3)9-16-13(21)17-10(12(19)20)8-11(15)18/h10H,4-9H2,1-3H3,(H2,15,18)(H,19,20)(H2,16,17,21). The Bertz CT molecular complexity index is 369. The van der Waals surface area contributed by atoms with Crippen molar-refractivity contribution in [3.63, 3.8) is 0 Å². The first-order valence-corrected chi connectivity index (χ1v) is 7.23. The van der Waals surface area contributed by atoms with Crippen LogP contribution in [-0.4, -0.2) is 35.6 Å². The van der Waals surface area contributed by atoms with Gasteiger partial charge in [-0.25, -0.2) is 9.59 Å². The minimum Gasteiger partial charge on any atom is -0.480 e. The maximum absolute atomic E-state index is 11.7. The lowest BCUT2D eigenvalue weighted by Crippen LogP contribution is -2.49. The van der Waals surface area contributed by atoms with Crippen molar-refractivity contribution in [3.05, 3.63) is 0 Å². The Morgan fingerprint density at radius 1 is 1.24 bits per heavy atom. The van der Waals surface area contributed by atoms with Crippen molar-refractivity contribution >= 4 is 17.9 Å². The number of carbonyl (C=O) groups excluding carboxylic acids is 2. The molecule has 0 aliphatic rings. The van der Waals surface area contributed by atoms with Crippen molar-refractivity contribution in [2.75, 3.05) is 6.54 Å². The van der Waals surface area contributed by atoms with Crippen molar-refractivity contribution in [2.45, 2.75) is 58.9 Å². The molecule has 0 spiro atoms. The van der Waals surface area contributed by atoms with Crippen LogP contribution in [0.25, 0.3) is 0 Å². The highest BCUT2D eigenvalue weighted by Gasteiger charge is 2.23. The molecular weight excluding hydrogens is 274 g/mol. The molecule has 7 nitrogen and oxygen atoms in total. The van der Waals surface area contributed by atoms with Crippen LogP contribution < -0.4 is 16.4 Å². The van der Waals surface area contributed by atoms with Gasteiger partial charge in [0.25, 0.3) is 0 Å². The second kappa shape index (κ2) is 9.20. The lowest BCUT2D eigenvalue weighted by atomic mass is 9.87. The molecule has 0 rings (SSSR count). The molecule has 1 atom stereocenters. The fraction of sp³-hybridized carbons (Fsp3) is 0.786. The molecule has 0 aromatic rings. The molecule has 0 saturated carbocycles. The van der Waals surface area contributed by atoms with Gasteiger partial charge in [0, 0.05) is 6.54 Å². The lowest BCUT2D eigenvalue weighted by molar-refractivity contribution is -0.140. The predicted molar refractivity (Wildman–Crippen MR) is 79.7 cm³/mol. The summed E-state index contributed by atoms with van der Waals surface area (Å²) in [5.41, 5.74) is 4.88. The van der Waals surface area contributed by atoms with E-state index < -0.39 is 30.4 Å². The molecule has 0 aliphatic heterocycles. The van der Waals surface area contributed by atoms with Gasteiger partial charge in [0.05, 0.1) is 6.42 Å². The van der Waals surface area contributed by atoms with Crippen LogP contribution in [0, 0.1) is 5.41 Å². The van der Waals surface area contributed by atoms with Crippen LogP contribution in [0.2, 0.25) is 0 Å². The van der Waals surface area contributed by atoms with Crippen molar-refractivity contribution in [1.29, 1.82) is 0 Å². The summed E-state index contributed by atoms with van der Waals surface area (Å²) >= 11 is 0. The van der Waals surface area contributed by atoms with Crippen molar-refractivity contribution in [2.24, 2.45) is 11.1 Å². The molecule has 0 saturated heterocycles. The van der Waals surface area contributed by atoms with Crippen LogP contribution in [0.1, 0.15) is 52.9 Å². The molecule has 7 heteroatoms. The lowest BCUT2D eigenvalue weighted by Gasteiger charge is -2.25. The van der Waals surface area contributed by atoms with E-state index in [1.54, 1.807) is 0 Å².